The monoisotopic (exact) mass is 204 g/mol. The van der Waals surface area contributed by atoms with Crippen LogP contribution in [0.2, 0.25) is 0 Å². The minimum Gasteiger partial charge on any atom is -0.463 e. The Bertz CT molecular complexity index is 248. The summed E-state index contributed by atoms with van der Waals surface area (Å²) in [6.45, 7) is 0. The Kier molecular flexibility index (Phi) is 3.45. The van der Waals surface area contributed by atoms with E-state index >= 15 is 0 Å². The molecule has 1 rings (SSSR count). The summed E-state index contributed by atoms with van der Waals surface area (Å²) in [5.74, 6) is -0.893. The van der Waals surface area contributed by atoms with Gasteiger partial charge in [0.15, 0.2) is 0 Å². The van der Waals surface area contributed by atoms with Crippen molar-refractivity contribution >= 4 is 5.97 Å². The maximum Gasteiger partial charge on any atom is 0.373 e. The molecule has 1 aliphatic heterocycles. The van der Waals surface area contributed by atoms with Crippen LogP contribution >= 0.6 is 0 Å². The lowest BCUT2D eigenvalue weighted by molar-refractivity contribution is -0.196. The largest absolute Gasteiger partial charge is 0.463 e. The van der Waals surface area contributed by atoms with Gasteiger partial charge in [-0.3, -0.25) is 0 Å². The Labute approximate surface area is 80.7 Å². The minimum atomic E-state index is -1.21. The van der Waals surface area contributed by atoms with Gasteiger partial charge in [0.05, 0.1) is 7.11 Å². The second-order valence-electron chi connectivity index (χ2n) is 2.73. The first-order chi connectivity index (χ1) is 6.60. The summed E-state index contributed by atoms with van der Waals surface area (Å²) < 4.78 is 14.0. The Morgan fingerprint density at radius 2 is 2.14 bits per heavy atom. The van der Waals surface area contributed by atoms with Crippen LogP contribution in [0.5, 0.6) is 0 Å². The van der Waals surface area contributed by atoms with Crippen molar-refractivity contribution in [2.24, 2.45) is 0 Å². The molecule has 0 bridgehead atoms. The molecule has 0 spiro atoms. The zero-order chi connectivity index (χ0) is 10.7. The molecule has 0 unspecified atom stereocenters. The van der Waals surface area contributed by atoms with E-state index in [1.54, 1.807) is 0 Å². The third kappa shape index (κ3) is 2.03. The molecule has 0 radical (unpaired) electrons. The maximum atomic E-state index is 11.0. The summed E-state index contributed by atoms with van der Waals surface area (Å²) in [6.07, 6.45) is -2.41. The number of hydrogen-bond donors (Lipinski definition) is 2. The molecule has 6 heteroatoms. The lowest BCUT2D eigenvalue weighted by atomic mass is 10.1. The number of aliphatic hydroxyl groups excluding tert-OH is 2. The van der Waals surface area contributed by atoms with Gasteiger partial charge in [0.25, 0.3) is 0 Å². The fourth-order valence-corrected chi connectivity index (χ4v) is 1.05. The summed E-state index contributed by atoms with van der Waals surface area (Å²) in [5.41, 5.74) is 0. The Morgan fingerprint density at radius 3 is 2.64 bits per heavy atom. The van der Waals surface area contributed by atoms with E-state index in [9.17, 15) is 15.0 Å². The minimum absolute atomic E-state index is 0.169. The van der Waals surface area contributed by atoms with Crippen LogP contribution in [0.4, 0.5) is 0 Å². The number of methoxy groups -OCH3 is 2. The standard InChI is InChI=1S/C8H12O6/c1-12-7(11)5-3-4(9)6(10)8(13-2)14-5/h3-4,6,8-10H,1-2H3/t4-,6+,8-/m0/s1. The van der Waals surface area contributed by atoms with Gasteiger partial charge in [0.1, 0.15) is 12.2 Å². The smallest absolute Gasteiger partial charge is 0.373 e. The van der Waals surface area contributed by atoms with Gasteiger partial charge in [0.2, 0.25) is 12.0 Å². The highest BCUT2D eigenvalue weighted by Crippen LogP contribution is 2.19. The van der Waals surface area contributed by atoms with Gasteiger partial charge in [0, 0.05) is 7.11 Å². The van der Waals surface area contributed by atoms with Crippen molar-refractivity contribution in [1.82, 2.24) is 0 Å². The van der Waals surface area contributed by atoms with Crippen molar-refractivity contribution in [3.8, 4) is 0 Å². The lowest BCUT2D eigenvalue weighted by Crippen LogP contribution is -2.43. The Balaban J connectivity index is 2.80. The van der Waals surface area contributed by atoms with Crippen molar-refractivity contribution in [3.05, 3.63) is 11.8 Å². The fourth-order valence-electron chi connectivity index (χ4n) is 1.05. The van der Waals surface area contributed by atoms with Crippen molar-refractivity contribution < 1.29 is 29.2 Å². The number of carbonyl (C=O) groups excluding carboxylic acids is 1. The van der Waals surface area contributed by atoms with Crippen molar-refractivity contribution in [2.75, 3.05) is 14.2 Å². The van der Waals surface area contributed by atoms with E-state index in [-0.39, 0.29) is 5.76 Å². The number of aliphatic hydroxyl groups is 2. The predicted molar refractivity (Wildman–Crippen MR) is 44.0 cm³/mol. The molecule has 0 saturated carbocycles. The van der Waals surface area contributed by atoms with Gasteiger partial charge < -0.3 is 24.4 Å². The number of carbonyl (C=O) groups is 1. The molecule has 80 valence electrons. The maximum absolute atomic E-state index is 11.0. The van der Waals surface area contributed by atoms with Crippen molar-refractivity contribution in [3.63, 3.8) is 0 Å². The van der Waals surface area contributed by atoms with Gasteiger partial charge in [-0.2, -0.15) is 0 Å². The van der Waals surface area contributed by atoms with Gasteiger partial charge >= 0.3 is 5.97 Å². The first kappa shape index (κ1) is 11.0. The number of rotatable bonds is 2. The average molecular weight is 204 g/mol. The van der Waals surface area contributed by atoms with Gasteiger partial charge in [-0.05, 0) is 6.08 Å². The van der Waals surface area contributed by atoms with Crippen LogP contribution in [0.15, 0.2) is 11.8 Å². The molecule has 3 atom stereocenters. The molecule has 0 saturated heterocycles. The Morgan fingerprint density at radius 1 is 1.50 bits per heavy atom. The molecule has 0 amide bonds. The molecule has 1 aliphatic rings. The Hall–Kier alpha value is -1.11. The van der Waals surface area contributed by atoms with Crippen LogP contribution in [0, 0.1) is 0 Å². The van der Waals surface area contributed by atoms with E-state index in [1.165, 1.54) is 14.2 Å². The van der Waals surface area contributed by atoms with Crippen molar-refractivity contribution in [1.29, 1.82) is 0 Å². The van der Waals surface area contributed by atoms with E-state index in [4.69, 9.17) is 9.47 Å². The predicted octanol–water partition coefficient (Wildman–Crippen LogP) is -1.23. The molecule has 0 aromatic heterocycles. The summed E-state index contributed by atoms with van der Waals surface area (Å²) in [7, 11) is 2.48. The molecule has 14 heavy (non-hydrogen) atoms. The van der Waals surface area contributed by atoms with E-state index < -0.39 is 24.5 Å². The lowest BCUT2D eigenvalue weighted by Gasteiger charge is -2.29. The van der Waals surface area contributed by atoms with E-state index in [1.807, 2.05) is 0 Å². The topological polar surface area (TPSA) is 85.2 Å². The first-order valence-corrected chi connectivity index (χ1v) is 3.96. The molecule has 6 nitrogen and oxygen atoms in total. The molecule has 0 aromatic carbocycles. The van der Waals surface area contributed by atoms with E-state index in [0.717, 1.165) is 6.08 Å². The quantitative estimate of drug-likeness (QED) is 0.548. The molecule has 0 aromatic rings. The summed E-state index contributed by atoms with van der Waals surface area (Å²) in [5, 5.41) is 18.6. The summed E-state index contributed by atoms with van der Waals surface area (Å²) >= 11 is 0. The van der Waals surface area contributed by atoms with Crippen LogP contribution in [-0.4, -0.2) is 48.9 Å². The number of hydrogen-bond acceptors (Lipinski definition) is 6. The third-order valence-corrected chi connectivity index (χ3v) is 1.81. The van der Waals surface area contributed by atoms with Crippen LogP contribution in [0.1, 0.15) is 0 Å². The molecular weight excluding hydrogens is 192 g/mol. The second kappa shape index (κ2) is 4.41. The fraction of sp³-hybridized carbons (Fsp3) is 0.625. The highest BCUT2D eigenvalue weighted by atomic mass is 16.7. The van der Waals surface area contributed by atoms with Crippen LogP contribution < -0.4 is 0 Å². The summed E-state index contributed by atoms with van der Waals surface area (Å²) in [4.78, 5) is 11.0. The number of esters is 1. The molecule has 0 fully saturated rings. The highest BCUT2D eigenvalue weighted by molar-refractivity contribution is 5.86. The van der Waals surface area contributed by atoms with Crippen LogP contribution in [-0.2, 0) is 19.0 Å². The van der Waals surface area contributed by atoms with Gasteiger partial charge in [-0.15, -0.1) is 0 Å². The van der Waals surface area contributed by atoms with Crippen molar-refractivity contribution in [2.45, 2.75) is 18.5 Å². The van der Waals surface area contributed by atoms with Gasteiger partial charge in [-0.1, -0.05) is 0 Å². The number of ether oxygens (including phenoxy) is 3. The first-order valence-electron chi connectivity index (χ1n) is 3.96. The van der Waals surface area contributed by atoms with E-state index in [2.05, 4.69) is 4.74 Å². The van der Waals surface area contributed by atoms with Crippen LogP contribution in [0.25, 0.3) is 0 Å². The molecule has 2 N–H and O–H groups in total. The normalized spacial score (nSPS) is 31.7. The van der Waals surface area contributed by atoms with E-state index in [0.29, 0.717) is 0 Å². The SMILES string of the molecule is COC(=O)C1=C[C@H](O)[C@@H](O)[C@@H](OC)O1. The zero-order valence-corrected chi connectivity index (χ0v) is 7.84. The molecular formula is C8H12O6. The average Bonchev–Trinajstić information content (AvgIpc) is 2.20. The molecule has 1 heterocycles. The van der Waals surface area contributed by atoms with Gasteiger partial charge in [-0.25, -0.2) is 4.79 Å². The zero-order valence-electron chi connectivity index (χ0n) is 7.84. The summed E-state index contributed by atoms with van der Waals surface area (Å²) in [6, 6.07) is 0. The molecule has 0 aliphatic carbocycles. The second-order valence-corrected chi connectivity index (χ2v) is 2.73. The highest BCUT2D eigenvalue weighted by Gasteiger charge is 2.34. The van der Waals surface area contributed by atoms with Crippen LogP contribution in [0.3, 0.4) is 0 Å². The third-order valence-electron chi connectivity index (χ3n) is 1.81.